The number of para-hydroxylation sites is 1. The summed E-state index contributed by atoms with van der Waals surface area (Å²) in [6.45, 7) is 2.28. The molecule has 116 valence electrons. The lowest BCUT2D eigenvalue weighted by Gasteiger charge is -2.42. The van der Waals surface area contributed by atoms with E-state index in [-0.39, 0.29) is 29.3 Å². The zero-order valence-corrected chi connectivity index (χ0v) is 12.4. The Balaban J connectivity index is 2.20. The molecule has 0 N–H and O–H groups in total. The first-order valence-corrected chi connectivity index (χ1v) is 6.95. The molecule has 1 saturated heterocycles. The van der Waals surface area contributed by atoms with Crippen molar-refractivity contribution in [3.05, 3.63) is 29.8 Å². The summed E-state index contributed by atoms with van der Waals surface area (Å²) in [7, 11) is 2.02. The number of carbonyl (C=O) groups excluding carboxylic acids is 1. The summed E-state index contributed by atoms with van der Waals surface area (Å²) in [6.07, 6.45) is 0. The summed E-state index contributed by atoms with van der Waals surface area (Å²) in [4.78, 5) is 16.5. The van der Waals surface area contributed by atoms with Gasteiger partial charge in [0.2, 0.25) is 0 Å². The fourth-order valence-corrected chi connectivity index (χ4v) is 2.58. The van der Waals surface area contributed by atoms with Crippen LogP contribution in [-0.2, 0) is 0 Å². The van der Waals surface area contributed by atoms with Crippen LogP contribution in [0.4, 0.5) is 8.78 Å². The Morgan fingerprint density at radius 3 is 2.38 bits per heavy atom. The number of piperazine rings is 1. The highest BCUT2D eigenvalue weighted by Gasteiger charge is 2.31. The lowest BCUT2D eigenvalue weighted by atomic mass is 10.1. The van der Waals surface area contributed by atoms with Crippen molar-refractivity contribution < 1.29 is 18.3 Å². The minimum atomic E-state index is -2.94. The van der Waals surface area contributed by atoms with E-state index in [1.807, 2.05) is 20.9 Å². The van der Waals surface area contributed by atoms with Gasteiger partial charge >= 0.3 is 6.61 Å². The molecule has 1 heterocycles. The van der Waals surface area contributed by atoms with Gasteiger partial charge in [0.05, 0.1) is 5.56 Å². The summed E-state index contributed by atoms with van der Waals surface area (Å²) in [5.74, 6) is -0.338. The van der Waals surface area contributed by atoms with Crippen molar-refractivity contribution in [2.75, 3.05) is 20.1 Å². The van der Waals surface area contributed by atoms with Gasteiger partial charge in [-0.2, -0.15) is 8.78 Å². The van der Waals surface area contributed by atoms with Gasteiger partial charge in [0, 0.05) is 25.2 Å². The number of benzene rings is 1. The van der Waals surface area contributed by atoms with Gasteiger partial charge in [-0.3, -0.25) is 9.69 Å². The van der Waals surface area contributed by atoms with Gasteiger partial charge in [-0.1, -0.05) is 12.1 Å². The van der Waals surface area contributed by atoms with E-state index in [1.165, 1.54) is 12.1 Å². The molecule has 0 aromatic heterocycles. The van der Waals surface area contributed by atoms with E-state index in [0.29, 0.717) is 13.1 Å². The van der Waals surface area contributed by atoms with Crippen LogP contribution in [0.3, 0.4) is 0 Å². The number of hydrogen-bond acceptors (Lipinski definition) is 3. The van der Waals surface area contributed by atoms with E-state index in [2.05, 4.69) is 9.64 Å². The molecule has 0 bridgehead atoms. The molecule has 0 saturated carbocycles. The van der Waals surface area contributed by atoms with Gasteiger partial charge in [0.15, 0.2) is 0 Å². The molecule has 1 aromatic carbocycles. The van der Waals surface area contributed by atoms with Crippen LogP contribution in [0.5, 0.6) is 5.75 Å². The number of carbonyl (C=O) groups is 1. The van der Waals surface area contributed by atoms with Gasteiger partial charge in [0.25, 0.3) is 5.91 Å². The maximum absolute atomic E-state index is 12.6. The highest BCUT2D eigenvalue weighted by molar-refractivity contribution is 5.97. The molecular formula is C15H20F2N2O2. The van der Waals surface area contributed by atoms with Gasteiger partial charge in [-0.25, -0.2) is 0 Å². The smallest absolute Gasteiger partial charge is 0.387 e. The van der Waals surface area contributed by atoms with Crippen LogP contribution in [-0.4, -0.2) is 54.5 Å². The predicted octanol–water partition coefficient (Wildman–Crippen LogP) is 2.45. The number of nitrogens with zero attached hydrogens (tertiary/aromatic N) is 2. The Hall–Kier alpha value is -1.69. The molecule has 0 unspecified atom stereocenters. The Morgan fingerprint density at radius 2 is 1.81 bits per heavy atom. The third kappa shape index (κ3) is 3.50. The SMILES string of the molecule is C[C@@H]1CN(C(=O)c2ccccc2OC(F)F)C[C@H](C)N1C. The van der Waals surface area contributed by atoms with Crippen molar-refractivity contribution in [2.45, 2.75) is 32.5 Å². The lowest BCUT2D eigenvalue weighted by Crippen LogP contribution is -2.56. The first-order chi connectivity index (χ1) is 9.90. The Bertz CT molecular complexity index is 498. The van der Waals surface area contributed by atoms with Crippen LogP contribution in [0.2, 0.25) is 0 Å². The van der Waals surface area contributed by atoms with Crippen molar-refractivity contribution in [1.29, 1.82) is 0 Å². The highest BCUT2D eigenvalue weighted by Crippen LogP contribution is 2.24. The maximum Gasteiger partial charge on any atom is 0.387 e. The Kier molecular flexibility index (Phi) is 4.77. The number of halogens is 2. The molecule has 0 aliphatic carbocycles. The first-order valence-electron chi connectivity index (χ1n) is 6.95. The van der Waals surface area contributed by atoms with E-state index in [9.17, 15) is 13.6 Å². The second-order valence-electron chi connectivity index (χ2n) is 5.45. The van der Waals surface area contributed by atoms with Crippen molar-refractivity contribution in [3.63, 3.8) is 0 Å². The number of alkyl halides is 2. The second kappa shape index (κ2) is 6.39. The maximum atomic E-state index is 12.6. The summed E-state index contributed by atoms with van der Waals surface area (Å²) in [5, 5.41) is 0. The number of amides is 1. The molecule has 4 nitrogen and oxygen atoms in total. The molecule has 1 fully saturated rings. The molecule has 21 heavy (non-hydrogen) atoms. The lowest BCUT2D eigenvalue weighted by molar-refractivity contribution is -0.0503. The summed E-state index contributed by atoms with van der Waals surface area (Å²) < 4.78 is 29.3. The highest BCUT2D eigenvalue weighted by atomic mass is 19.3. The molecule has 0 radical (unpaired) electrons. The van der Waals surface area contributed by atoms with Crippen LogP contribution in [0, 0.1) is 0 Å². The summed E-state index contributed by atoms with van der Waals surface area (Å²) >= 11 is 0. The fourth-order valence-electron chi connectivity index (χ4n) is 2.58. The largest absolute Gasteiger partial charge is 0.434 e. The van der Waals surface area contributed by atoms with Crippen molar-refractivity contribution in [2.24, 2.45) is 0 Å². The quantitative estimate of drug-likeness (QED) is 0.859. The van der Waals surface area contributed by atoms with Crippen molar-refractivity contribution in [3.8, 4) is 5.75 Å². The van der Waals surface area contributed by atoms with Crippen LogP contribution in [0.1, 0.15) is 24.2 Å². The molecule has 1 aromatic rings. The summed E-state index contributed by atoms with van der Waals surface area (Å²) in [6, 6.07) is 6.58. The third-order valence-corrected chi connectivity index (χ3v) is 3.98. The molecule has 6 heteroatoms. The minimum Gasteiger partial charge on any atom is -0.434 e. The topological polar surface area (TPSA) is 32.8 Å². The van der Waals surface area contributed by atoms with E-state index in [1.54, 1.807) is 17.0 Å². The van der Waals surface area contributed by atoms with Crippen LogP contribution in [0.15, 0.2) is 24.3 Å². The Labute approximate surface area is 123 Å². The van der Waals surface area contributed by atoms with Gasteiger partial charge in [-0.05, 0) is 33.0 Å². The first kappa shape index (κ1) is 15.7. The van der Waals surface area contributed by atoms with E-state index in [4.69, 9.17) is 0 Å². The van der Waals surface area contributed by atoms with Crippen LogP contribution in [0.25, 0.3) is 0 Å². The average Bonchev–Trinajstić information content (AvgIpc) is 2.43. The van der Waals surface area contributed by atoms with E-state index >= 15 is 0 Å². The molecule has 1 aliphatic rings. The Morgan fingerprint density at radius 1 is 1.24 bits per heavy atom. The third-order valence-electron chi connectivity index (χ3n) is 3.98. The molecule has 0 spiro atoms. The van der Waals surface area contributed by atoms with Crippen molar-refractivity contribution >= 4 is 5.91 Å². The molecule has 2 atom stereocenters. The zero-order valence-electron chi connectivity index (χ0n) is 12.4. The van der Waals surface area contributed by atoms with Crippen LogP contribution >= 0.6 is 0 Å². The molecule has 2 rings (SSSR count). The number of rotatable bonds is 3. The summed E-state index contributed by atoms with van der Waals surface area (Å²) in [5.41, 5.74) is 0.182. The van der Waals surface area contributed by atoms with Crippen molar-refractivity contribution in [1.82, 2.24) is 9.80 Å². The normalized spacial score (nSPS) is 23.4. The molecular weight excluding hydrogens is 278 g/mol. The van der Waals surface area contributed by atoms with E-state index in [0.717, 1.165) is 0 Å². The number of likely N-dealkylation sites (N-methyl/N-ethyl adjacent to an activating group) is 1. The molecule has 1 aliphatic heterocycles. The number of hydrogen-bond donors (Lipinski definition) is 0. The van der Waals surface area contributed by atoms with E-state index < -0.39 is 6.61 Å². The van der Waals surface area contributed by atoms with Gasteiger partial charge in [-0.15, -0.1) is 0 Å². The zero-order chi connectivity index (χ0) is 15.6. The standard InChI is InChI=1S/C15H20F2N2O2/c1-10-8-19(9-11(2)18(10)3)14(20)12-6-4-5-7-13(12)21-15(16)17/h4-7,10-11,15H,8-9H2,1-3H3/t10-,11+. The second-order valence-corrected chi connectivity index (χ2v) is 5.45. The van der Waals surface area contributed by atoms with Crippen LogP contribution < -0.4 is 4.74 Å². The molecule has 1 amide bonds. The average molecular weight is 298 g/mol. The van der Waals surface area contributed by atoms with Gasteiger partial charge in [0.1, 0.15) is 5.75 Å². The monoisotopic (exact) mass is 298 g/mol. The van der Waals surface area contributed by atoms with Gasteiger partial charge < -0.3 is 9.64 Å². The number of ether oxygens (including phenoxy) is 1. The predicted molar refractivity (Wildman–Crippen MR) is 75.7 cm³/mol. The fraction of sp³-hybridized carbons (Fsp3) is 0.533. The minimum absolute atomic E-state index is 0.0725.